The first-order valence-corrected chi connectivity index (χ1v) is 15.0. The summed E-state index contributed by atoms with van der Waals surface area (Å²) in [6, 6.07) is 9.21. The molecule has 0 bridgehead atoms. The van der Waals surface area contributed by atoms with E-state index in [9.17, 15) is 34.8 Å². The number of phenols is 1. The number of benzene rings is 2. The van der Waals surface area contributed by atoms with Gasteiger partial charge in [-0.25, -0.2) is 0 Å². The van der Waals surface area contributed by atoms with Gasteiger partial charge >= 0.3 is 0 Å². The maximum Gasteiger partial charge on any atom is 0.209 e. The lowest BCUT2D eigenvalue weighted by atomic mass is 9.44. The highest BCUT2D eigenvalue weighted by Gasteiger charge is 2.71. The van der Waals surface area contributed by atoms with Crippen LogP contribution in [-0.2, 0) is 27.2 Å². The summed E-state index contributed by atoms with van der Waals surface area (Å²) in [4.78, 5) is 40.9. The number of carbonyl (C=O) groups excluding carboxylic acids is 3. The van der Waals surface area contributed by atoms with Crippen LogP contribution >= 0.6 is 0 Å². The second kappa shape index (κ2) is 10.5. The third-order valence-electron chi connectivity index (χ3n) is 10.1. The van der Waals surface area contributed by atoms with Crippen molar-refractivity contribution in [2.75, 3.05) is 7.11 Å². The zero-order valence-electron chi connectivity index (χ0n) is 26.2. The van der Waals surface area contributed by atoms with Crippen LogP contribution in [0.2, 0.25) is 0 Å². The van der Waals surface area contributed by atoms with Crippen molar-refractivity contribution in [2.45, 2.75) is 66.4 Å². The Hall–Kier alpha value is -4.17. The first-order chi connectivity index (χ1) is 20.6. The summed E-state index contributed by atoms with van der Waals surface area (Å²) < 4.78 is 5.10. The number of Topliss-reactive ketones (excluding diaryl/α,β-unsaturated/α-hetero) is 3. The third kappa shape index (κ3) is 4.10. The number of methoxy groups -OCH3 is 1. The number of phenolic OH excluding ortho intramolecular Hbond substituents is 1. The smallest absolute Gasteiger partial charge is 0.209 e. The van der Waals surface area contributed by atoms with Gasteiger partial charge in [-0.3, -0.25) is 14.4 Å². The van der Waals surface area contributed by atoms with Crippen molar-refractivity contribution in [1.82, 2.24) is 0 Å². The molecule has 8 nitrogen and oxygen atoms in total. The first kappa shape index (κ1) is 31.3. The minimum Gasteiger partial charge on any atom is -0.511 e. The molecule has 4 N–H and O–H groups in total. The standard InChI is InChI=1S/C36H40O8/c1-8-21-10-9-20(13-14-44-7)15-23(21)22-11-12-25(38)27-24(22)16-34(5)17-35(6)28(18(2)3)30(39)26(19(4)37)32(41)36(35,43)33(42)29(34)31(27)40/h9-15,18,28,38-39,42-43H,8,16-17H2,1-7H3/b14-13+/t28?,34-,35-,36+/m1/s1. The molecule has 4 atom stereocenters. The van der Waals surface area contributed by atoms with Crippen LogP contribution < -0.4 is 0 Å². The number of fused-ring (bicyclic) bond motifs is 3. The molecule has 0 aliphatic heterocycles. The van der Waals surface area contributed by atoms with Crippen LogP contribution in [0.3, 0.4) is 0 Å². The number of aliphatic hydroxyl groups excluding tert-OH is 2. The molecular weight excluding hydrogens is 560 g/mol. The Morgan fingerprint density at radius 3 is 2.36 bits per heavy atom. The number of allylic oxidation sites excluding steroid dienone is 2. The quantitative estimate of drug-likeness (QED) is 0.227. The molecule has 2 aromatic rings. The molecule has 0 spiro atoms. The van der Waals surface area contributed by atoms with Crippen molar-refractivity contribution in [3.63, 3.8) is 0 Å². The largest absolute Gasteiger partial charge is 0.511 e. The molecule has 2 aromatic carbocycles. The minimum absolute atomic E-state index is 0.00228. The van der Waals surface area contributed by atoms with Gasteiger partial charge in [-0.2, -0.15) is 0 Å². The van der Waals surface area contributed by atoms with E-state index in [4.69, 9.17) is 4.74 Å². The van der Waals surface area contributed by atoms with E-state index in [1.807, 2.05) is 45.0 Å². The molecule has 0 fully saturated rings. The zero-order valence-corrected chi connectivity index (χ0v) is 26.2. The SMILES string of the molecule is CCc1ccc(/C=C/OC)cc1-c1ccc(O)c2c1C[C@]1(C)C[C@]3(C)C(C(C)C)C(O)=C(C(C)=O)C(=O)[C@]3(O)C(O)=C1C2=O. The van der Waals surface area contributed by atoms with Crippen molar-refractivity contribution in [2.24, 2.45) is 22.7 Å². The lowest BCUT2D eigenvalue weighted by Gasteiger charge is -2.59. The highest BCUT2D eigenvalue weighted by atomic mass is 16.5. The van der Waals surface area contributed by atoms with Crippen molar-refractivity contribution in [3.05, 3.63) is 81.5 Å². The molecule has 0 radical (unpaired) electrons. The molecule has 1 unspecified atom stereocenters. The minimum atomic E-state index is -2.64. The third-order valence-corrected chi connectivity index (χ3v) is 10.1. The predicted octanol–water partition coefficient (Wildman–Crippen LogP) is 6.19. The van der Waals surface area contributed by atoms with Gasteiger partial charge in [0.15, 0.2) is 17.2 Å². The van der Waals surface area contributed by atoms with E-state index in [-0.39, 0.29) is 35.6 Å². The average Bonchev–Trinajstić information content (AvgIpc) is 2.93. The molecule has 5 rings (SSSR count). The van der Waals surface area contributed by atoms with Crippen LogP contribution in [0.1, 0.15) is 75.0 Å². The number of hydrogen-bond donors (Lipinski definition) is 4. The molecule has 3 aliphatic rings. The summed E-state index contributed by atoms with van der Waals surface area (Å²) in [5, 5.41) is 46.5. The van der Waals surface area contributed by atoms with Gasteiger partial charge in [-0.1, -0.05) is 52.8 Å². The number of ketones is 3. The van der Waals surface area contributed by atoms with Gasteiger partial charge < -0.3 is 25.2 Å². The van der Waals surface area contributed by atoms with Crippen LogP contribution in [0.4, 0.5) is 0 Å². The highest BCUT2D eigenvalue weighted by Crippen LogP contribution is 2.65. The second-order valence-electron chi connectivity index (χ2n) is 13.3. The summed E-state index contributed by atoms with van der Waals surface area (Å²) in [6.45, 7) is 10.2. The first-order valence-electron chi connectivity index (χ1n) is 15.0. The maximum absolute atomic E-state index is 14.4. The molecule has 8 heteroatoms. The fourth-order valence-electron chi connectivity index (χ4n) is 8.39. The van der Waals surface area contributed by atoms with Crippen LogP contribution in [0.25, 0.3) is 17.2 Å². The summed E-state index contributed by atoms with van der Waals surface area (Å²) in [6.07, 6.45) is 4.35. The van der Waals surface area contributed by atoms with Crippen molar-refractivity contribution in [3.8, 4) is 16.9 Å². The lowest BCUT2D eigenvalue weighted by Crippen LogP contribution is -2.67. The number of aryl methyl sites for hydroxylation is 1. The van der Waals surface area contributed by atoms with Gasteiger partial charge in [0.05, 0.1) is 18.9 Å². The molecule has 232 valence electrons. The second-order valence-corrected chi connectivity index (χ2v) is 13.3. The number of aliphatic hydroxyl groups is 3. The molecule has 0 amide bonds. The number of hydrogen-bond acceptors (Lipinski definition) is 8. The Morgan fingerprint density at radius 2 is 1.77 bits per heavy atom. The normalized spacial score (nSPS) is 28.3. The number of rotatable bonds is 6. The van der Waals surface area contributed by atoms with Crippen LogP contribution in [0.15, 0.2) is 59.3 Å². The van der Waals surface area contributed by atoms with Crippen LogP contribution in [0, 0.1) is 22.7 Å². The van der Waals surface area contributed by atoms with Crippen LogP contribution in [-0.4, -0.2) is 50.5 Å². The molecule has 3 aliphatic carbocycles. The summed E-state index contributed by atoms with van der Waals surface area (Å²) in [7, 11) is 1.56. The van der Waals surface area contributed by atoms with Gasteiger partial charge in [0.1, 0.15) is 22.8 Å². The molecule has 0 aromatic heterocycles. The average molecular weight is 601 g/mol. The highest BCUT2D eigenvalue weighted by molar-refractivity contribution is 6.25. The van der Waals surface area contributed by atoms with Crippen molar-refractivity contribution in [1.29, 1.82) is 0 Å². The summed E-state index contributed by atoms with van der Waals surface area (Å²) in [5.74, 6) is -5.27. The number of ether oxygens (including phenoxy) is 1. The van der Waals surface area contributed by atoms with E-state index in [0.29, 0.717) is 12.0 Å². The fourth-order valence-corrected chi connectivity index (χ4v) is 8.39. The Balaban J connectivity index is 1.80. The summed E-state index contributed by atoms with van der Waals surface area (Å²) in [5.41, 5.74) is -1.79. The molecule has 0 heterocycles. The van der Waals surface area contributed by atoms with E-state index in [1.54, 1.807) is 33.3 Å². The monoisotopic (exact) mass is 600 g/mol. The van der Waals surface area contributed by atoms with Gasteiger partial charge in [0.2, 0.25) is 5.78 Å². The van der Waals surface area contributed by atoms with E-state index < -0.39 is 56.8 Å². The topological polar surface area (TPSA) is 141 Å². The van der Waals surface area contributed by atoms with Crippen molar-refractivity contribution >= 4 is 23.4 Å². The number of carbonyl (C=O) groups is 3. The maximum atomic E-state index is 14.4. The lowest BCUT2D eigenvalue weighted by molar-refractivity contribution is -0.171. The zero-order chi connectivity index (χ0) is 32.5. The van der Waals surface area contributed by atoms with E-state index >= 15 is 0 Å². The predicted molar refractivity (Wildman–Crippen MR) is 166 cm³/mol. The Morgan fingerprint density at radius 1 is 1.09 bits per heavy atom. The molecular formula is C36H40O8. The van der Waals surface area contributed by atoms with E-state index in [1.165, 1.54) is 6.07 Å². The van der Waals surface area contributed by atoms with Gasteiger partial charge in [-0.05, 0) is 78.1 Å². The van der Waals surface area contributed by atoms with Gasteiger partial charge in [0.25, 0.3) is 0 Å². The number of aromatic hydroxyl groups is 1. The van der Waals surface area contributed by atoms with Crippen LogP contribution in [0.5, 0.6) is 5.75 Å². The van der Waals surface area contributed by atoms with E-state index in [0.717, 1.165) is 29.2 Å². The van der Waals surface area contributed by atoms with Crippen molar-refractivity contribution < 1.29 is 39.5 Å². The van der Waals surface area contributed by atoms with Gasteiger partial charge in [-0.15, -0.1) is 0 Å². The Bertz CT molecular complexity index is 1710. The van der Waals surface area contributed by atoms with Gasteiger partial charge in [0, 0.05) is 22.3 Å². The molecule has 0 saturated carbocycles. The Kier molecular flexibility index (Phi) is 7.44. The fraction of sp³-hybridized carbons (Fsp3) is 0.417. The summed E-state index contributed by atoms with van der Waals surface area (Å²) >= 11 is 0. The molecule has 0 saturated heterocycles. The van der Waals surface area contributed by atoms with E-state index in [2.05, 4.69) is 0 Å². The molecule has 44 heavy (non-hydrogen) atoms. The Labute approximate surface area is 257 Å².